The molecule has 7 nitrogen and oxygen atoms in total. The number of amides is 1. The maximum absolute atomic E-state index is 12.2. The van der Waals surface area contributed by atoms with E-state index in [0.717, 1.165) is 0 Å². The minimum absolute atomic E-state index is 0.191. The number of aromatic nitrogens is 1. The Morgan fingerprint density at radius 3 is 2.73 bits per heavy atom. The number of likely N-dealkylation sites (tertiary alicyclic amines) is 1. The summed E-state index contributed by atoms with van der Waals surface area (Å²) in [5, 5.41) is 20.4. The highest BCUT2D eigenvalue weighted by Gasteiger charge is 2.48. The molecule has 0 aliphatic carbocycles. The van der Waals surface area contributed by atoms with Crippen LogP contribution in [-0.4, -0.2) is 46.4 Å². The SMILES string of the molecule is CC(C)(C)OC(=O)N1CCC2(CC1)COc1c(ncc(Cl)c1C#N)C2O. The van der Waals surface area contributed by atoms with Crippen LogP contribution in [0, 0.1) is 16.7 Å². The number of aliphatic hydroxyl groups excluding tert-OH is 1. The zero-order valence-electron chi connectivity index (χ0n) is 15.1. The molecule has 2 aliphatic heterocycles. The van der Waals surface area contributed by atoms with Crippen LogP contribution in [0.3, 0.4) is 0 Å². The van der Waals surface area contributed by atoms with Gasteiger partial charge in [0.25, 0.3) is 0 Å². The van der Waals surface area contributed by atoms with Gasteiger partial charge in [0.15, 0.2) is 5.75 Å². The number of pyridine rings is 1. The number of carbonyl (C=O) groups is 1. The van der Waals surface area contributed by atoms with Gasteiger partial charge < -0.3 is 19.5 Å². The number of nitriles is 1. The lowest BCUT2D eigenvalue weighted by atomic mass is 9.72. The molecule has 1 fully saturated rings. The molecule has 26 heavy (non-hydrogen) atoms. The predicted octanol–water partition coefficient (Wildman–Crippen LogP) is 3.05. The average Bonchev–Trinajstić information content (AvgIpc) is 2.57. The van der Waals surface area contributed by atoms with Gasteiger partial charge >= 0.3 is 6.09 Å². The molecule has 3 heterocycles. The monoisotopic (exact) mass is 379 g/mol. The van der Waals surface area contributed by atoms with E-state index >= 15 is 0 Å². The Labute approximate surface area is 157 Å². The van der Waals surface area contributed by atoms with E-state index in [-0.39, 0.29) is 29.0 Å². The molecule has 0 aromatic carbocycles. The standard InChI is InChI=1S/C18H22ClN3O4/c1-17(2,3)26-16(24)22-6-4-18(5-7-22)10-25-14-11(8-20)12(19)9-21-13(14)15(18)23/h9,15,23H,4-7,10H2,1-3H3. The highest BCUT2D eigenvalue weighted by Crippen LogP contribution is 2.50. The Hall–Kier alpha value is -2.04. The van der Waals surface area contributed by atoms with E-state index in [0.29, 0.717) is 31.6 Å². The Kier molecular flexibility index (Phi) is 4.76. The molecule has 0 saturated carbocycles. The minimum Gasteiger partial charge on any atom is -0.489 e. The second-order valence-electron chi connectivity index (χ2n) is 7.83. The van der Waals surface area contributed by atoms with Gasteiger partial charge in [-0.2, -0.15) is 5.26 Å². The molecular weight excluding hydrogens is 358 g/mol. The fraction of sp³-hybridized carbons (Fsp3) is 0.611. The summed E-state index contributed by atoms with van der Waals surface area (Å²) >= 11 is 5.99. The summed E-state index contributed by atoms with van der Waals surface area (Å²) in [5.74, 6) is 0.257. The van der Waals surface area contributed by atoms with Crippen molar-refractivity contribution in [1.29, 1.82) is 5.26 Å². The summed E-state index contributed by atoms with van der Waals surface area (Å²) in [6, 6.07) is 2.00. The van der Waals surface area contributed by atoms with Gasteiger partial charge in [0, 0.05) is 24.7 Å². The molecule has 1 aromatic rings. The number of carbonyl (C=O) groups excluding carboxylic acids is 1. The first-order valence-corrected chi connectivity index (χ1v) is 8.92. The number of rotatable bonds is 0. The van der Waals surface area contributed by atoms with Crippen LogP contribution >= 0.6 is 11.6 Å². The van der Waals surface area contributed by atoms with Crippen LogP contribution in [0.1, 0.15) is 51.0 Å². The molecule has 1 saturated heterocycles. The van der Waals surface area contributed by atoms with Crippen LogP contribution in [0.15, 0.2) is 6.20 Å². The quantitative estimate of drug-likeness (QED) is 0.744. The number of halogens is 1. The molecule has 1 aromatic heterocycles. The average molecular weight is 380 g/mol. The van der Waals surface area contributed by atoms with Crippen LogP contribution in [0.2, 0.25) is 5.02 Å². The number of piperidine rings is 1. The summed E-state index contributed by atoms with van der Waals surface area (Å²) < 4.78 is 11.2. The van der Waals surface area contributed by atoms with Gasteiger partial charge in [-0.3, -0.25) is 4.98 Å². The third-order valence-corrected chi connectivity index (χ3v) is 5.17. The van der Waals surface area contributed by atoms with E-state index in [1.54, 1.807) is 4.90 Å². The molecule has 0 radical (unpaired) electrons. The van der Waals surface area contributed by atoms with E-state index in [4.69, 9.17) is 21.1 Å². The fourth-order valence-corrected chi connectivity index (χ4v) is 3.57. The first-order valence-electron chi connectivity index (χ1n) is 8.54. The minimum atomic E-state index is -0.878. The number of hydrogen-bond acceptors (Lipinski definition) is 6. The van der Waals surface area contributed by atoms with Crippen LogP contribution < -0.4 is 4.74 Å². The van der Waals surface area contributed by atoms with Gasteiger partial charge in [0.1, 0.15) is 29.0 Å². The Morgan fingerprint density at radius 1 is 1.50 bits per heavy atom. The zero-order valence-corrected chi connectivity index (χ0v) is 15.8. The number of fused-ring (bicyclic) bond motifs is 1. The van der Waals surface area contributed by atoms with Crippen LogP contribution in [0.25, 0.3) is 0 Å². The second-order valence-corrected chi connectivity index (χ2v) is 8.24. The van der Waals surface area contributed by atoms with Gasteiger partial charge in [0.2, 0.25) is 0 Å². The fourth-order valence-electron chi connectivity index (χ4n) is 3.39. The molecule has 3 rings (SSSR count). The van der Waals surface area contributed by atoms with Crippen molar-refractivity contribution >= 4 is 17.7 Å². The van der Waals surface area contributed by atoms with E-state index in [1.807, 2.05) is 26.8 Å². The maximum atomic E-state index is 12.2. The van der Waals surface area contributed by atoms with Gasteiger partial charge in [-0.1, -0.05) is 11.6 Å². The normalized spacial score (nSPS) is 21.5. The molecule has 8 heteroatoms. The smallest absolute Gasteiger partial charge is 0.410 e. The zero-order chi connectivity index (χ0) is 19.1. The lowest BCUT2D eigenvalue weighted by Gasteiger charge is -2.46. The third-order valence-electron chi connectivity index (χ3n) is 4.88. The van der Waals surface area contributed by atoms with Crippen molar-refractivity contribution in [2.24, 2.45) is 5.41 Å². The van der Waals surface area contributed by atoms with Gasteiger partial charge in [0.05, 0.1) is 11.6 Å². The molecule has 1 spiro atoms. The lowest BCUT2D eigenvalue weighted by Crippen LogP contribution is -2.50. The lowest BCUT2D eigenvalue weighted by molar-refractivity contribution is -0.0739. The van der Waals surface area contributed by atoms with Gasteiger partial charge in [-0.15, -0.1) is 0 Å². The largest absolute Gasteiger partial charge is 0.489 e. The summed E-state index contributed by atoms with van der Waals surface area (Å²) in [6.45, 7) is 6.66. The van der Waals surface area contributed by atoms with Crippen molar-refractivity contribution in [2.45, 2.75) is 45.3 Å². The van der Waals surface area contributed by atoms with Crippen LogP contribution in [0.5, 0.6) is 5.75 Å². The van der Waals surface area contributed by atoms with Crippen molar-refractivity contribution in [2.75, 3.05) is 19.7 Å². The summed E-state index contributed by atoms with van der Waals surface area (Å²) in [6.07, 6.45) is 1.24. The highest BCUT2D eigenvalue weighted by molar-refractivity contribution is 6.31. The number of aliphatic hydroxyl groups is 1. The molecular formula is C18H22ClN3O4. The summed E-state index contributed by atoms with van der Waals surface area (Å²) in [5.41, 5.74) is -0.561. The number of hydrogen-bond donors (Lipinski definition) is 1. The molecule has 1 atom stereocenters. The molecule has 1 amide bonds. The van der Waals surface area contributed by atoms with E-state index in [9.17, 15) is 15.2 Å². The van der Waals surface area contributed by atoms with Crippen molar-refractivity contribution in [3.05, 3.63) is 22.5 Å². The Morgan fingerprint density at radius 2 is 2.15 bits per heavy atom. The Bertz CT molecular complexity index is 761. The van der Waals surface area contributed by atoms with Crippen molar-refractivity contribution < 1.29 is 19.4 Å². The maximum Gasteiger partial charge on any atom is 0.410 e. The van der Waals surface area contributed by atoms with Crippen molar-refractivity contribution in [1.82, 2.24) is 9.88 Å². The van der Waals surface area contributed by atoms with E-state index < -0.39 is 17.1 Å². The highest BCUT2D eigenvalue weighted by atomic mass is 35.5. The molecule has 2 aliphatic rings. The van der Waals surface area contributed by atoms with Gasteiger partial charge in [-0.25, -0.2) is 4.79 Å². The number of ether oxygens (including phenoxy) is 2. The predicted molar refractivity (Wildman–Crippen MR) is 93.9 cm³/mol. The summed E-state index contributed by atoms with van der Waals surface area (Å²) in [4.78, 5) is 18.1. The first-order chi connectivity index (χ1) is 12.2. The topological polar surface area (TPSA) is 95.7 Å². The Balaban J connectivity index is 1.76. The second kappa shape index (κ2) is 6.60. The summed E-state index contributed by atoms with van der Waals surface area (Å²) in [7, 11) is 0. The first kappa shape index (κ1) is 18.7. The van der Waals surface area contributed by atoms with Crippen LogP contribution in [-0.2, 0) is 4.74 Å². The van der Waals surface area contributed by atoms with Crippen LogP contribution in [0.4, 0.5) is 4.79 Å². The van der Waals surface area contributed by atoms with E-state index in [1.165, 1.54) is 6.20 Å². The van der Waals surface area contributed by atoms with Crippen molar-refractivity contribution in [3.8, 4) is 11.8 Å². The molecule has 1 unspecified atom stereocenters. The number of nitrogens with zero attached hydrogens (tertiary/aromatic N) is 3. The molecule has 1 N–H and O–H groups in total. The van der Waals surface area contributed by atoms with E-state index in [2.05, 4.69) is 4.98 Å². The molecule has 140 valence electrons. The molecule has 0 bridgehead atoms. The van der Waals surface area contributed by atoms with Crippen molar-refractivity contribution in [3.63, 3.8) is 0 Å². The third kappa shape index (κ3) is 3.31. The van der Waals surface area contributed by atoms with Gasteiger partial charge in [-0.05, 0) is 33.6 Å².